The lowest BCUT2D eigenvalue weighted by Crippen LogP contribution is -2.49. The minimum Gasteiger partial charge on any atom is -0.378 e. The Hall–Kier alpha value is -2.74. The summed E-state index contributed by atoms with van der Waals surface area (Å²) in [6.45, 7) is 5.74. The second-order valence-electron chi connectivity index (χ2n) is 8.08. The SMILES string of the molecule is Cc1cccc2c(=O)n(CCC(=O)N3CCCC(C(=O)N4CCOCC4)C3)cnc12. The van der Waals surface area contributed by atoms with Crippen molar-refractivity contribution in [3.05, 3.63) is 40.4 Å². The highest BCUT2D eigenvalue weighted by Gasteiger charge is 2.31. The first kappa shape index (κ1) is 20.5. The number of aromatic nitrogens is 2. The molecule has 8 heteroatoms. The molecule has 1 aromatic carbocycles. The number of fused-ring (bicyclic) bond motifs is 1. The molecule has 1 atom stereocenters. The van der Waals surface area contributed by atoms with Crippen molar-refractivity contribution in [2.75, 3.05) is 39.4 Å². The largest absolute Gasteiger partial charge is 0.378 e. The summed E-state index contributed by atoms with van der Waals surface area (Å²) in [6.07, 6.45) is 3.37. The zero-order chi connectivity index (χ0) is 21.1. The number of ether oxygens (including phenoxy) is 1. The molecule has 0 bridgehead atoms. The van der Waals surface area contributed by atoms with Crippen LogP contribution in [0.15, 0.2) is 29.3 Å². The lowest BCUT2D eigenvalue weighted by molar-refractivity contribution is -0.144. The molecular weight excluding hydrogens is 384 g/mol. The lowest BCUT2D eigenvalue weighted by atomic mass is 9.96. The number of rotatable bonds is 4. The van der Waals surface area contributed by atoms with Crippen molar-refractivity contribution in [3.63, 3.8) is 0 Å². The van der Waals surface area contributed by atoms with Gasteiger partial charge < -0.3 is 14.5 Å². The Bertz CT molecular complexity index is 996. The monoisotopic (exact) mass is 412 g/mol. The van der Waals surface area contributed by atoms with Gasteiger partial charge in [-0.3, -0.25) is 19.0 Å². The Morgan fingerprint density at radius 1 is 1.17 bits per heavy atom. The molecule has 2 fully saturated rings. The van der Waals surface area contributed by atoms with Crippen molar-refractivity contribution < 1.29 is 14.3 Å². The number of aryl methyl sites for hydroxylation is 2. The summed E-state index contributed by atoms with van der Waals surface area (Å²) in [5.41, 5.74) is 1.53. The fraction of sp³-hybridized carbons (Fsp3) is 0.545. The summed E-state index contributed by atoms with van der Waals surface area (Å²) in [6, 6.07) is 5.53. The highest BCUT2D eigenvalue weighted by Crippen LogP contribution is 2.20. The van der Waals surface area contributed by atoms with Crippen LogP contribution >= 0.6 is 0 Å². The van der Waals surface area contributed by atoms with E-state index in [1.54, 1.807) is 11.0 Å². The van der Waals surface area contributed by atoms with Gasteiger partial charge in [0.05, 0.1) is 36.4 Å². The van der Waals surface area contributed by atoms with Crippen molar-refractivity contribution >= 4 is 22.7 Å². The molecule has 2 amide bonds. The molecule has 30 heavy (non-hydrogen) atoms. The summed E-state index contributed by atoms with van der Waals surface area (Å²) < 4.78 is 6.82. The molecule has 4 rings (SSSR count). The summed E-state index contributed by atoms with van der Waals surface area (Å²) >= 11 is 0. The highest BCUT2D eigenvalue weighted by molar-refractivity contribution is 5.82. The van der Waals surface area contributed by atoms with E-state index in [9.17, 15) is 14.4 Å². The first-order valence-electron chi connectivity index (χ1n) is 10.6. The number of hydrogen-bond acceptors (Lipinski definition) is 5. The second-order valence-corrected chi connectivity index (χ2v) is 8.08. The number of amides is 2. The van der Waals surface area contributed by atoms with E-state index >= 15 is 0 Å². The Balaban J connectivity index is 1.38. The molecule has 2 saturated heterocycles. The van der Waals surface area contributed by atoms with Crippen LogP contribution in [0, 0.1) is 12.8 Å². The van der Waals surface area contributed by atoms with E-state index in [-0.39, 0.29) is 36.3 Å². The predicted molar refractivity (Wildman–Crippen MR) is 112 cm³/mol. The number of benzene rings is 1. The van der Waals surface area contributed by atoms with E-state index in [4.69, 9.17) is 4.74 Å². The third kappa shape index (κ3) is 4.23. The van der Waals surface area contributed by atoms with Crippen LogP contribution in [-0.4, -0.2) is 70.6 Å². The average Bonchev–Trinajstić information content (AvgIpc) is 2.79. The van der Waals surface area contributed by atoms with Gasteiger partial charge >= 0.3 is 0 Å². The van der Waals surface area contributed by atoms with Crippen molar-refractivity contribution in [1.82, 2.24) is 19.4 Å². The molecule has 160 valence electrons. The number of nitrogens with zero attached hydrogens (tertiary/aromatic N) is 4. The van der Waals surface area contributed by atoms with Crippen LogP contribution in [0.25, 0.3) is 10.9 Å². The Labute approximate surface area is 175 Å². The fourth-order valence-electron chi connectivity index (χ4n) is 4.32. The van der Waals surface area contributed by atoms with Crippen LogP contribution in [0.5, 0.6) is 0 Å². The van der Waals surface area contributed by atoms with E-state index in [0.717, 1.165) is 18.4 Å². The molecule has 0 aliphatic carbocycles. The molecule has 0 spiro atoms. The highest BCUT2D eigenvalue weighted by atomic mass is 16.5. The number of para-hydroxylation sites is 1. The number of carbonyl (C=O) groups excluding carboxylic acids is 2. The van der Waals surface area contributed by atoms with Gasteiger partial charge in [-0.1, -0.05) is 12.1 Å². The maximum atomic E-state index is 12.8. The Morgan fingerprint density at radius 3 is 2.77 bits per heavy atom. The molecule has 0 N–H and O–H groups in total. The average molecular weight is 412 g/mol. The van der Waals surface area contributed by atoms with Gasteiger partial charge in [0.2, 0.25) is 11.8 Å². The third-order valence-electron chi connectivity index (χ3n) is 6.07. The predicted octanol–water partition coefficient (Wildman–Crippen LogP) is 1.19. The molecule has 0 saturated carbocycles. The number of piperidine rings is 1. The molecule has 2 aromatic rings. The van der Waals surface area contributed by atoms with Gasteiger partial charge in [0.25, 0.3) is 5.56 Å². The molecule has 2 aliphatic rings. The van der Waals surface area contributed by atoms with E-state index in [0.29, 0.717) is 50.3 Å². The van der Waals surface area contributed by atoms with Gasteiger partial charge in [0.15, 0.2) is 0 Å². The molecule has 2 aliphatic heterocycles. The second kappa shape index (κ2) is 8.95. The molecule has 0 radical (unpaired) electrons. The minimum absolute atomic E-state index is 0.0225. The van der Waals surface area contributed by atoms with Crippen LogP contribution < -0.4 is 5.56 Å². The van der Waals surface area contributed by atoms with Crippen LogP contribution in [0.4, 0.5) is 0 Å². The third-order valence-corrected chi connectivity index (χ3v) is 6.07. The molecule has 1 aromatic heterocycles. The number of carbonyl (C=O) groups is 2. The maximum Gasteiger partial charge on any atom is 0.261 e. The van der Waals surface area contributed by atoms with Crippen molar-refractivity contribution in [3.8, 4) is 0 Å². The fourth-order valence-corrected chi connectivity index (χ4v) is 4.32. The van der Waals surface area contributed by atoms with Crippen molar-refractivity contribution in [1.29, 1.82) is 0 Å². The maximum absolute atomic E-state index is 12.8. The quantitative estimate of drug-likeness (QED) is 0.753. The lowest BCUT2D eigenvalue weighted by Gasteiger charge is -2.36. The first-order chi connectivity index (χ1) is 14.5. The topological polar surface area (TPSA) is 84.7 Å². The van der Waals surface area contributed by atoms with Crippen molar-refractivity contribution in [2.45, 2.75) is 32.7 Å². The zero-order valence-corrected chi connectivity index (χ0v) is 17.4. The molecule has 8 nitrogen and oxygen atoms in total. The van der Waals surface area contributed by atoms with E-state index < -0.39 is 0 Å². The standard InChI is InChI=1S/C22H28N4O4/c1-16-4-2-6-18-20(16)23-15-26(22(18)29)9-7-19(27)25-8-3-5-17(14-25)21(28)24-10-12-30-13-11-24/h2,4,6,15,17H,3,5,7-14H2,1H3. The zero-order valence-electron chi connectivity index (χ0n) is 17.4. The first-order valence-corrected chi connectivity index (χ1v) is 10.6. The summed E-state index contributed by atoms with van der Waals surface area (Å²) in [7, 11) is 0. The Kier molecular flexibility index (Phi) is 6.13. The summed E-state index contributed by atoms with van der Waals surface area (Å²) in [4.78, 5) is 46.3. The van der Waals surface area contributed by atoms with Gasteiger partial charge in [-0.25, -0.2) is 4.98 Å². The van der Waals surface area contributed by atoms with E-state index in [2.05, 4.69) is 4.98 Å². The van der Waals surface area contributed by atoms with Gasteiger partial charge in [-0.15, -0.1) is 0 Å². The molecular formula is C22H28N4O4. The minimum atomic E-state index is -0.145. The summed E-state index contributed by atoms with van der Waals surface area (Å²) in [5, 5.41) is 0.569. The Morgan fingerprint density at radius 2 is 1.97 bits per heavy atom. The molecule has 3 heterocycles. The van der Waals surface area contributed by atoms with Crippen molar-refractivity contribution in [2.24, 2.45) is 5.92 Å². The van der Waals surface area contributed by atoms with Crippen LogP contribution in [0.3, 0.4) is 0 Å². The van der Waals surface area contributed by atoms with Gasteiger partial charge in [0, 0.05) is 39.1 Å². The van der Waals surface area contributed by atoms with Crippen LogP contribution in [-0.2, 0) is 20.9 Å². The number of morpholine rings is 1. The van der Waals surface area contributed by atoms with E-state index in [1.807, 2.05) is 24.0 Å². The van der Waals surface area contributed by atoms with Gasteiger partial charge in [0.1, 0.15) is 0 Å². The van der Waals surface area contributed by atoms with Crippen LogP contribution in [0.2, 0.25) is 0 Å². The number of likely N-dealkylation sites (tertiary alicyclic amines) is 1. The van der Waals surface area contributed by atoms with Gasteiger partial charge in [-0.2, -0.15) is 0 Å². The smallest absolute Gasteiger partial charge is 0.261 e. The normalized spacial score (nSPS) is 19.8. The summed E-state index contributed by atoms with van der Waals surface area (Å²) in [5.74, 6) is -0.0410. The number of hydrogen-bond donors (Lipinski definition) is 0. The van der Waals surface area contributed by atoms with E-state index in [1.165, 1.54) is 10.9 Å². The van der Waals surface area contributed by atoms with Gasteiger partial charge in [-0.05, 0) is 31.4 Å². The van der Waals surface area contributed by atoms with Crippen LogP contribution in [0.1, 0.15) is 24.8 Å². The molecule has 1 unspecified atom stereocenters.